The highest BCUT2D eigenvalue weighted by molar-refractivity contribution is 6.00. The SMILES string of the molecule is C[C@H](NC(=O)c1ccc2c(c1)nc1n2CCN(Cc2ccccn2)C1=O)c1cccnc1. The van der Waals surface area contributed by atoms with Crippen molar-refractivity contribution in [3.8, 4) is 0 Å². The number of imidazole rings is 1. The fraction of sp³-hybridized carbons (Fsp3) is 0.208. The molecule has 1 aromatic carbocycles. The second kappa shape index (κ2) is 8.22. The van der Waals surface area contributed by atoms with Crippen LogP contribution in [0.5, 0.6) is 0 Å². The van der Waals surface area contributed by atoms with E-state index >= 15 is 0 Å². The number of pyridine rings is 2. The van der Waals surface area contributed by atoms with Crippen LogP contribution in [0.25, 0.3) is 11.0 Å². The Balaban J connectivity index is 1.37. The first-order chi connectivity index (χ1) is 15.6. The maximum Gasteiger partial charge on any atom is 0.290 e. The molecule has 1 N–H and O–H groups in total. The third kappa shape index (κ3) is 3.71. The Labute approximate surface area is 184 Å². The molecule has 3 aromatic heterocycles. The lowest BCUT2D eigenvalue weighted by molar-refractivity contribution is 0.0682. The first-order valence-electron chi connectivity index (χ1n) is 10.5. The van der Waals surface area contributed by atoms with Gasteiger partial charge < -0.3 is 14.8 Å². The van der Waals surface area contributed by atoms with Crippen molar-refractivity contribution in [3.05, 3.63) is 89.8 Å². The van der Waals surface area contributed by atoms with E-state index < -0.39 is 0 Å². The molecule has 8 heteroatoms. The van der Waals surface area contributed by atoms with Gasteiger partial charge in [-0.25, -0.2) is 4.98 Å². The lowest BCUT2D eigenvalue weighted by Gasteiger charge is -2.27. The number of nitrogens with one attached hydrogen (secondary N) is 1. The molecule has 0 saturated heterocycles. The van der Waals surface area contributed by atoms with E-state index in [1.54, 1.807) is 35.6 Å². The van der Waals surface area contributed by atoms with Gasteiger partial charge in [0.1, 0.15) is 0 Å². The van der Waals surface area contributed by atoms with Crippen molar-refractivity contribution in [2.45, 2.75) is 26.1 Å². The monoisotopic (exact) mass is 426 g/mol. The normalized spacial score (nSPS) is 14.3. The van der Waals surface area contributed by atoms with Gasteiger partial charge in [0, 0.05) is 37.2 Å². The fourth-order valence-corrected chi connectivity index (χ4v) is 3.96. The highest BCUT2D eigenvalue weighted by Gasteiger charge is 2.28. The van der Waals surface area contributed by atoms with Crippen LogP contribution in [-0.2, 0) is 13.1 Å². The second-order valence-electron chi connectivity index (χ2n) is 7.82. The van der Waals surface area contributed by atoms with E-state index in [1.165, 1.54) is 0 Å². The lowest BCUT2D eigenvalue weighted by Crippen LogP contribution is -2.40. The van der Waals surface area contributed by atoms with E-state index in [0.717, 1.165) is 16.8 Å². The summed E-state index contributed by atoms with van der Waals surface area (Å²) in [7, 11) is 0. The molecule has 5 rings (SSSR count). The van der Waals surface area contributed by atoms with Crippen LogP contribution in [0.3, 0.4) is 0 Å². The molecule has 0 saturated carbocycles. The molecule has 4 heterocycles. The molecule has 1 aliphatic heterocycles. The van der Waals surface area contributed by atoms with Crippen molar-refractivity contribution >= 4 is 22.8 Å². The summed E-state index contributed by atoms with van der Waals surface area (Å²) in [4.78, 5) is 40.6. The number of carbonyl (C=O) groups is 2. The number of aromatic nitrogens is 4. The summed E-state index contributed by atoms with van der Waals surface area (Å²) < 4.78 is 1.92. The smallest absolute Gasteiger partial charge is 0.290 e. The zero-order valence-electron chi connectivity index (χ0n) is 17.6. The van der Waals surface area contributed by atoms with Crippen LogP contribution in [0.2, 0.25) is 0 Å². The fourth-order valence-electron chi connectivity index (χ4n) is 3.96. The van der Waals surface area contributed by atoms with Gasteiger partial charge in [-0.15, -0.1) is 0 Å². The second-order valence-corrected chi connectivity index (χ2v) is 7.82. The van der Waals surface area contributed by atoms with Crippen molar-refractivity contribution in [1.29, 1.82) is 0 Å². The number of nitrogens with zero attached hydrogens (tertiary/aromatic N) is 5. The molecule has 0 fully saturated rings. The van der Waals surface area contributed by atoms with E-state index in [4.69, 9.17) is 0 Å². The molecule has 32 heavy (non-hydrogen) atoms. The molecule has 1 atom stereocenters. The average Bonchev–Trinajstić information content (AvgIpc) is 3.21. The van der Waals surface area contributed by atoms with E-state index in [-0.39, 0.29) is 17.9 Å². The summed E-state index contributed by atoms with van der Waals surface area (Å²) in [5, 5.41) is 2.99. The van der Waals surface area contributed by atoms with E-state index in [9.17, 15) is 9.59 Å². The molecule has 0 spiro atoms. The lowest BCUT2D eigenvalue weighted by atomic mass is 10.1. The van der Waals surface area contributed by atoms with Crippen LogP contribution in [0.4, 0.5) is 0 Å². The highest BCUT2D eigenvalue weighted by Crippen LogP contribution is 2.23. The average molecular weight is 426 g/mol. The van der Waals surface area contributed by atoms with Gasteiger partial charge in [-0.3, -0.25) is 19.6 Å². The van der Waals surface area contributed by atoms with Gasteiger partial charge in [-0.2, -0.15) is 0 Å². The quantitative estimate of drug-likeness (QED) is 0.530. The Bertz CT molecular complexity index is 1290. The number of amides is 2. The first kappa shape index (κ1) is 19.9. The molecule has 2 amide bonds. The number of hydrogen-bond donors (Lipinski definition) is 1. The molecule has 0 unspecified atom stereocenters. The third-order valence-corrected chi connectivity index (χ3v) is 5.69. The predicted octanol–water partition coefficient (Wildman–Crippen LogP) is 2.97. The Kier molecular flexibility index (Phi) is 5.10. The Morgan fingerprint density at radius 2 is 2.03 bits per heavy atom. The van der Waals surface area contributed by atoms with Gasteiger partial charge >= 0.3 is 0 Å². The molecule has 4 aromatic rings. The highest BCUT2D eigenvalue weighted by atomic mass is 16.2. The van der Waals surface area contributed by atoms with Crippen LogP contribution in [0.1, 0.15) is 45.2 Å². The maximum atomic E-state index is 13.0. The summed E-state index contributed by atoms with van der Waals surface area (Å²) in [6, 6.07) is 14.6. The van der Waals surface area contributed by atoms with Crippen molar-refractivity contribution in [1.82, 2.24) is 29.7 Å². The summed E-state index contributed by atoms with van der Waals surface area (Å²) >= 11 is 0. The van der Waals surface area contributed by atoms with Crippen LogP contribution in [0, 0.1) is 0 Å². The minimum Gasteiger partial charge on any atom is -0.345 e. The van der Waals surface area contributed by atoms with Crippen LogP contribution in [-0.4, -0.2) is 42.8 Å². The summed E-state index contributed by atoms with van der Waals surface area (Å²) in [6.45, 7) is 3.59. The molecule has 8 nitrogen and oxygen atoms in total. The molecular formula is C24H22N6O2. The molecular weight excluding hydrogens is 404 g/mol. The molecule has 160 valence electrons. The molecule has 0 bridgehead atoms. The predicted molar refractivity (Wildman–Crippen MR) is 119 cm³/mol. The topological polar surface area (TPSA) is 93.0 Å². The Morgan fingerprint density at radius 3 is 2.81 bits per heavy atom. The van der Waals surface area contributed by atoms with Crippen molar-refractivity contribution in [2.24, 2.45) is 0 Å². The van der Waals surface area contributed by atoms with E-state index in [0.29, 0.717) is 36.5 Å². The number of carbonyl (C=O) groups excluding carboxylic acids is 2. The zero-order chi connectivity index (χ0) is 22.1. The number of benzene rings is 1. The van der Waals surface area contributed by atoms with Crippen molar-refractivity contribution < 1.29 is 9.59 Å². The molecule has 1 aliphatic rings. The summed E-state index contributed by atoms with van der Waals surface area (Å²) in [5.74, 6) is 0.0649. The standard InChI is InChI=1S/C24H22N6O2/c1-16(18-5-4-9-25-14-18)27-23(31)17-7-8-21-20(13-17)28-22-24(32)29(11-12-30(21)22)15-19-6-2-3-10-26-19/h2-10,13-14,16H,11-12,15H2,1H3,(H,27,31)/t16-/m0/s1. The number of hydrogen-bond acceptors (Lipinski definition) is 5. The van der Waals surface area contributed by atoms with Gasteiger partial charge in [0.2, 0.25) is 0 Å². The summed E-state index contributed by atoms with van der Waals surface area (Å²) in [6.07, 6.45) is 5.16. The van der Waals surface area contributed by atoms with E-state index in [1.807, 2.05) is 47.9 Å². The van der Waals surface area contributed by atoms with Gasteiger partial charge in [0.05, 0.1) is 29.3 Å². The number of rotatable bonds is 5. The van der Waals surface area contributed by atoms with Crippen LogP contribution in [0.15, 0.2) is 67.1 Å². The first-order valence-corrected chi connectivity index (χ1v) is 10.5. The van der Waals surface area contributed by atoms with E-state index in [2.05, 4.69) is 20.3 Å². The third-order valence-electron chi connectivity index (χ3n) is 5.69. The van der Waals surface area contributed by atoms with Gasteiger partial charge in [-0.1, -0.05) is 12.1 Å². The zero-order valence-corrected chi connectivity index (χ0v) is 17.6. The van der Waals surface area contributed by atoms with Crippen molar-refractivity contribution in [2.75, 3.05) is 6.54 Å². The number of fused-ring (bicyclic) bond motifs is 3. The van der Waals surface area contributed by atoms with Gasteiger partial charge in [-0.05, 0) is 48.9 Å². The van der Waals surface area contributed by atoms with Crippen LogP contribution >= 0.6 is 0 Å². The largest absolute Gasteiger partial charge is 0.345 e. The van der Waals surface area contributed by atoms with Gasteiger partial charge in [0.15, 0.2) is 5.82 Å². The molecule has 0 radical (unpaired) electrons. The minimum atomic E-state index is -0.197. The Hall–Kier alpha value is -4.07. The van der Waals surface area contributed by atoms with Gasteiger partial charge in [0.25, 0.3) is 11.8 Å². The maximum absolute atomic E-state index is 13.0. The Morgan fingerprint density at radius 1 is 1.12 bits per heavy atom. The van der Waals surface area contributed by atoms with Crippen molar-refractivity contribution in [3.63, 3.8) is 0 Å². The van der Waals surface area contributed by atoms with Crippen LogP contribution < -0.4 is 5.32 Å². The molecule has 0 aliphatic carbocycles. The summed E-state index contributed by atoms with van der Waals surface area (Å²) in [5.41, 5.74) is 3.75. The minimum absolute atomic E-state index is 0.130.